The number of carbonyl (C=O) groups excluding carboxylic acids is 4. The van der Waals surface area contributed by atoms with Crippen LogP contribution in [0.15, 0.2) is 72.9 Å². The molecule has 3 aromatic carbocycles. The maximum Gasteiger partial charge on any atom is 0.490 e. The van der Waals surface area contributed by atoms with Crippen LogP contribution in [-0.2, 0) is 26.4 Å². The van der Waals surface area contributed by atoms with E-state index < -0.39 is 35.9 Å². The first kappa shape index (κ1) is 52.8. The third kappa shape index (κ3) is 10.7. The Hall–Kier alpha value is -6.62. The lowest BCUT2D eigenvalue weighted by atomic mass is 9.57. The van der Waals surface area contributed by atoms with Gasteiger partial charge in [0.25, 0.3) is 11.8 Å². The van der Waals surface area contributed by atoms with E-state index in [0.29, 0.717) is 51.2 Å². The number of hydrogen-bond donors (Lipinski definition) is 2. The zero-order valence-corrected chi connectivity index (χ0v) is 43.3. The number of halogens is 4. The molecule has 5 aliphatic heterocycles. The van der Waals surface area contributed by atoms with E-state index in [0.717, 1.165) is 91.2 Å². The number of aliphatic carboxylic acids is 1. The van der Waals surface area contributed by atoms with Gasteiger partial charge in [-0.15, -0.1) is 0 Å². The number of amides is 4. The molecule has 0 bridgehead atoms. The highest BCUT2D eigenvalue weighted by Crippen LogP contribution is 2.55. The van der Waals surface area contributed by atoms with Crippen molar-refractivity contribution >= 4 is 52.8 Å². The van der Waals surface area contributed by atoms with Gasteiger partial charge < -0.3 is 24.5 Å². The number of ether oxygens (including phenoxy) is 1. The number of alkyl halides is 3. The Balaban J connectivity index is 0.000000879. The number of anilines is 2. The van der Waals surface area contributed by atoms with Gasteiger partial charge in [0, 0.05) is 80.1 Å². The lowest BCUT2D eigenvalue weighted by Gasteiger charge is -2.60. The van der Waals surface area contributed by atoms with Gasteiger partial charge in [0.15, 0.2) is 0 Å². The van der Waals surface area contributed by atoms with Crippen molar-refractivity contribution in [2.24, 2.45) is 10.8 Å². The molecule has 6 fully saturated rings. The predicted octanol–water partition coefficient (Wildman–Crippen LogP) is 7.76. The molecule has 1 aromatic heterocycles. The first-order valence-corrected chi connectivity index (χ1v) is 26.5. The minimum Gasteiger partial charge on any atom is -0.487 e. The number of aromatic nitrogens is 2. The molecule has 400 valence electrons. The fourth-order valence-electron chi connectivity index (χ4n) is 12.7. The normalized spacial score (nSPS) is 22.8. The second-order valence-corrected chi connectivity index (χ2v) is 22.7. The van der Waals surface area contributed by atoms with Crippen molar-refractivity contribution in [3.05, 3.63) is 111 Å². The van der Waals surface area contributed by atoms with E-state index in [1.807, 2.05) is 48.7 Å². The van der Waals surface area contributed by atoms with Crippen LogP contribution in [0.1, 0.15) is 121 Å². The van der Waals surface area contributed by atoms with Crippen LogP contribution in [0.5, 0.6) is 5.75 Å². The second kappa shape index (κ2) is 20.7. The van der Waals surface area contributed by atoms with Crippen LogP contribution in [-0.4, -0.2) is 136 Å². The molecular formula is C56H61ClF3N9O7. The molecule has 2 spiro atoms. The number of fused-ring (bicyclic) bond motifs is 1. The topological polar surface area (TPSA) is 193 Å². The van der Waals surface area contributed by atoms with Crippen molar-refractivity contribution in [2.75, 3.05) is 62.2 Å². The van der Waals surface area contributed by atoms with Gasteiger partial charge in [-0.3, -0.25) is 34.3 Å². The predicted molar refractivity (Wildman–Crippen MR) is 275 cm³/mol. The molecule has 0 radical (unpaired) electrons. The third-order valence-corrected chi connectivity index (χ3v) is 17.6. The minimum atomic E-state index is -5.08. The van der Waals surface area contributed by atoms with E-state index in [1.165, 1.54) is 51.6 Å². The highest BCUT2D eigenvalue weighted by Gasteiger charge is 2.53. The number of benzene rings is 3. The zero-order chi connectivity index (χ0) is 53.7. The van der Waals surface area contributed by atoms with Crippen LogP contribution >= 0.6 is 11.6 Å². The number of rotatable bonds is 10. The number of nitrogens with zero attached hydrogens (tertiary/aromatic N) is 8. The third-order valence-electron chi connectivity index (χ3n) is 17.4. The molecule has 6 heterocycles. The number of nitrogens with one attached hydrogen (secondary N) is 1. The van der Waals surface area contributed by atoms with Crippen LogP contribution in [0.2, 0.25) is 5.02 Å². The lowest BCUT2D eigenvalue weighted by molar-refractivity contribution is -0.192. The van der Waals surface area contributed by atoms with Crippen molar-refractivity contribution in [3.63, 3.8) is 0 Å². The Labute approximate surface area is 444 Å². The zero-order valence-electron chi connectivity index (χ0n) is 42.6. The maximum atomic E-state index is 13.4. The summed E-state index contributed by atoms with van der Waals surface area (Å²) in [4.78, 5) is 80.5. The van der Waals surface area contributed by atoms with E-state index in [2.05, 4.69) is 61.9 Å². The van der Waals surface area contributed by atoms with Gasteiger partial charge in [-0.2, -0.15) is 18.4 Å². The van der Waals surface area contributed by atoms with Gasteiger partial charge in [0.1, 0.15) is 18.4 Å². The number of piperidine rings is 3. The Kier molecular flexibility index (Phi) is 14.4. The summed E-state index contributed by atoms with van der Waals surface area (Å²) in [5, 5.41) is 19.4. The highest BCUT2D eigenvalue weighted by molar-refractivity contribution is 6.30. The highest BCUT2D eigenvalue weighted by atomic mass is 35.5. The molecule has 11 rings (SSSR count). The van der Waals surface area contributed by atoms with Crippen LogP contribution < -0.4 is 19.9 Å². The van der Waals surface area contributed by atoms with E-state index in [-0.39, 0.29) is 24.2 Å². The second-order valence-electron chi connectivity index (χ2n) is 22.3. The molecular weight excluding hydrogens is 1000 g/mol. The van der Waals surface area contributed by atoms with Crippen molar-refractivity contribution in [1.82, 2.24) is 30.0 Å². The molecule has 4 amide bonds. The number of nitriles is 1. The Bertz CT molecular complexity index is 2950. The van der Waals surface area contributed by atoms with Crippen LogP contribution in [0.25, 0.3) is 0 Å². The van der Waals surface area contributed by atoms with E-state index in [1.54, 1.807) is 12.1 Å². The Morgan fingerprint density at radius 2 is 1.39 bits per heavy atom. The molecule has 4 saturated heterocycles. The molecule has 2 saturated carbocycles. The molecule has 4 aromatic rings. The molecule has 1 atom stereocenters. The van der Waals surface area contributed by atoms with Crippen molar-refractivity contribution in [3.8, 4) is 11.8 Å². The SMILES string of the molecule is CC(C)(c1ccc(OCc2ccnc(N3CCN(C4CC5(CCN(C6CC7(CCN(c8ccc9c(c8)C(=O)N(C8CCC(=O)NC8=O)C9=O)CC7)C6)CC5)C4)CC3)n2)cc1)c1cc(Cl)cc(C#N)c1.O=C(O)C(F)(F)F. The lowest BCUT2D eigenvalue weighted by Crippen LogP contribution is -2.61. The van der Waals surface area contributed by atoms with Gasteiger partial charge in [0.2, 0.25) is 17.8 Å². The fourth-order valence-corrected chi connectivity index (χ4v) is 12.9. The first-order chi connectivity index (χ1) is 36.2. The smallest absolute Gasteiger partial charge is 0.487 e. The number of carbonyl (C=O) groups is 5. The summed E-state index contributed by atoms with van der Waals surface area (Å²) >= 11 is 6.33. The summed E-state index contributed by atoms with van der Waals surface area (Å²) in [5.74, 6) is -3.10. The molecule has 16 nitrogen and oxygen atoms in total. The Morgan fingerprint density at radius 3 is 2.00 bits per heavy atom. The quantitative estimate of drug-likeness (QED) is 0.147. The van der Waals surface area contributed by atoms with Gasteiger partial charge in [0.05, 0.1) is 28.5 Å². The average Bonchev–Trinajstić information content (AvgIpc) is 3.75. The van der Waals surface area contributed by atoms with E-state index >= 15 is 0 Å². The number of piperazine rings is 1. The number of carboxylic acids is 1. The summed E-state index contributed by atoms with van der Waals surface area (Å²) < 4.78 is 37.9. The average molecular weight is 1060 g/mol. The molecule has 2 N–H and O–H groups in total. The van der Waals surface area contributed by atoms with Gasteiger partial charge in [-0.1, -0.05) is 37.6 Å². The van der Waals surface area contributed by atoms with E-state index in [4.69, 9.17) is 31.2 Å². The standard InChI is InChI=1S/C54H60ClN9O5.C2HF3O2/c1-52(2,37-25-35(33-56)26-38(55)27-37)36-3-6-43(7-4-36)69-34-39-11-16-57-51(58-39)63-23-21-62(22-24-63)42-31-54(32-42)14-19-61(20-15-54)41-29-53(30-41)12-17-60(18-13-53)40-5-8-44-45(28-40)50(68)64(49(44)67)46-9-10-47(65)59-48(46)66;3-2(4,5)1(6)7/h3-8,11,16,25-28,41-42,46H,9-10,12-15,17-24,29-32,34H2,1-2H3,(H,59,65,66);(H,6,7). The molecule has 1 unspecified atom stereocenters. The molecule has 7 aliphatic rings. The largest absolute Gasteiger partial charge is 0.490 e. The molecule has 20 heteroatoms. The summed E-state index contributed by atoms with van der Waals surface area (Å²) in [5.41, 5.74) is 5.65. The maximum absolute atomic E-state index is 13.4. The number of hydrogen-bond acceptors (Lipinski definition) is 13. The van der Waals surface area contributed by atoms with Crippen molar-refractivity contribution in [1.29, 1.82) is 5.26 Å². The number of carboxylic acid groups (broad SMARTS) is 1. The number of likely N-dealkylation sites (tertiary alicyclic amines) is 1. The van der Waals surface area contributed by atoms with Crippen molar-refractivity contribution in [2.45, 2.75) is 114 Å². The van der Waals surface area contributed by atoms with Gasteiger partial charge in [-0.05, 0) is 147 Å². The van der Waals surface area contributed by atoms with Crippen LogP contribution in [0.3, 0.4) is 0 Å². The monoisotopic (exact) mass is 1060 g/mol. The van der Waals surface area contributed by atoms with Gasteiger partial charge in [-0.25, -0.2) is 14.8 Å². The van der Waals surface area contributed by atoms with Crippen LogP contribution in [0, 0.1) is 22.2 Å². The van der Waals surface area contributed by atoms with Crippen molar-refractivity contribution < 1.29 is 47.0 Å². The summed E-state index contributed by atoms with van der Waals surface area (Å²) in [7, 11) is 0. The molecule has 2 aliphatic carbocycles. The number of imide groups is 2. The van der Waals surface area contributed by atoms with Crippen LogP contribution in [0.4, 0.5) is 24.8 Å². The van der Waals surface area contributed by atoms with Gasteiger partial charge >= 0.3 is 12.1 Å². The summed E-state index contributed by atoms with van der Waals surface area (Å²) in [6.07, 6.45) is 7.04. The minimum absolute atomic E-state index is 0.109. The van der Waals surface area contributed by atoms with E-state index in [9.17, 15) is 37.6 Å². The Morgan fingerprint density at radius 1 is 0.789 bits per heavy atom. The fraction of sp³-hybridized carbons (Fsp3) is 0.500. The first-order valence-electron chi connectivity index (χ1n) is 26.1. The summed E-state index contributed by atoms with van der Waals surface area (Å²) in [6.45, 7) is 12.8. The molecule has 76 heavy (non-hydrogen) atoms. The summed E-state index contributed by atoms with van der Waals surface area (Å²) in [6, 6.07) is 23.6.